The second-order valence-electron chi connectivity index (χ2n) is 7.07. The van der Waals surface area contributed by atoms with Crippen LogP contribution in [0.15, 0.2) is 42.6 Å². The van der Waals surface area contributed by atoms with E-state index in [4.69, 9.17) is 16.6 Å². The fourth-order valence-corrected chi connectivity index (χ4v) is 4.83. The van der Waals surface area contributed by atoms with Gasteiger partial charge in [-0.15, -0.1) is 0 Å². The lowest BCUT2D eigenvalue weighted by molar-refractivity contribution is 0.0977. The fourth-order valence-electron chi connectivity index (χ4n) is 3.57. The Bertz CT molecular complexity index is 1200. The highest BCUT2D eigenvalue weighted by atomic mass is 35.5. The molecule has 0 unspecified atom stereocenters. The third-order valence-electron chi connectivity index (χ3n) is 5.26. The van der Waals surface area contributed by atoms with Crippen LogP contribution in [0.25, 0.3) is 15.9 Å². The predicted molar refractivity (Wildman–Crippen MR) is 124 cm³/mol. The quantitative estimate of drug-likeness (QED) is 0.409. The summed E-state index contributed by atoms with van der Waals surface area (Å²) in [5.74, 6) is -0.0940. The van der Waals surface area contributed by atoms with Crippen molar-refractivity contribution in [1.29, 1.82) is 0 Å². The molecule has 30 heavy (non-hydrogen) atoms. The van der Waals surface area contributed by atoms with Gasteiger partial charge in [0.05, 0.1) is 15.9 Å². The molecule has 0 bridgehead atoms. The summed E-state index contributed by atoms with van der Waals surface area (Å²) < 4.78 is 2.82. The SMILES string of the molecule is CCN(CC)CCN(C(=O)c1c(C)nc2ccccn12)c1nc2ccc(Cl)cc2s1. The first-order valence-electron chi connectivity index (χ1n) is 10.1. The number of halogens is 1. The Morgan fingerprint density at radius 2 is 1.93 bits per heavy atom. The molecule has 0 aliphatic heterocycles. The van der Waals surface area contributed by atoms with Gasteiger partial charge in [0, 0.05) is 24.3 Å². The van der Waals surface area contributed by atoms with Crippen LogP contribution >= 0.6 is 22.9 Å². The van der Waals surface area contributed by atoms with Crippen molar-refractivity contribution in [3.8, 4) is 0 Å². The van der Waals surface area contributed by atoms with Crippen LogP contribution in [0.4, 0.5) is 5.13 Å². The minimum atomic E-state index is -0.0940. The number of carbonyl (C=O) groups is 1. The third kappa shape index (κ3) is 3.93. The molecule has 0 atom stereocenters. The molecule has 0 aliphatic carbocycles. The Morgan fingerprint density at radius 3 is 2.70 bits per heavy atom. The van der Waals surface area contributed by atoms with Crippen molar-refractivity contribution in [3.05, 3.63) is 59.0 Å². The normalized spacial score (nSPS) is 11.6. The number of hydrogen-bond donors (Lipinski definition) is 0. The number of benzene rings is 1. The van der Waals surface area contributed by atoms with Crippen LogP contribution in [0.2, 0.25) is 5.02 Å². The van der Waals surface area contributed by atoms with Crippen molar-refractivity contribution < 1.29 is 4.79 Å². The number of thiazole rings is 1. The lowest BCUT2D eigenvalue weighted by Crippen LogP contribution is -2.39. The second-order valence-corrected chi connectivity index (χ2v) is 8.51. The number of aryl methyl sites for hydroxylation is 1. The van der Waals surface area contributed by atoms with Crippen molar-refractivity contribution in [1.82, 2.24) is 19.3 Å². The smallest absolute Gasteiger partial charge is 0.279 e. The van der Waals surface area contributed by atoms with Crippen LogP contribution in [-0.4, -0.2) is 51.4 Å². The maximum Gasteiger partial charge on any atom is 0.279 e. The van der Waals surface area contributed by atoms with Gasteiger partial charge in [-0.2, -0.15) is 0 Å². The molecule has 0 aliphatic rings. The van der Waals surface area contributed by atoms with E-state index in [9.17, 15) is 4.79 Å². The number of rotatable bonds is 7. The van der Waals surface area contributed by atoms with Gasteiger partial charge in [-0.25, -0.2) is 9.97 Å². The Morgan fingerprint density at radius 1 is 1.13 bits per heavy atom. The van der Waals surface area contributed by atoms with Crippen LogP contribution < -0.4 is 4.90 Å². The lowest BCUT2D eigenvalue weighted by atomic mass is 10.3. The number of amides is 1. The Kier molecular flexibility index (Phi) is 6.04. The number of imidazole rings is 1. The standard InChI is InChI=1S/C22H24ClN5OS/c1-4-26(5-2)12-13-28(22-25-17-10-9-16(23)14-18(17)30-22)21(29)20-15(3)24-19-8-6-7-11-27(19)20/h6-11,14H,4-5,12-13H2,1-3H3. The van der Waals surface area contributed by atoms with Gasteiger partial charge in [-0.1, -0.05) is 42.9 Å². The molecule has 0 spiro atoms. The second kappa shape index (κ2) is 8.71. The summed E-state index contributed by atoms with van der Waals surface area (Å²) in [4.78, 5) is 27.1. The third-order valence-corrected chi connectivity index (χ3v) is 6.53. The highest BCUT2D eigenvalue weighted by Crippen LogP contribution is 2.32. The average Bonchev–Trinajstić information content (AvgIpc) is 3.30. The van der Waals surface area contributed by atoms with E-state index in [1.807, 2.05) is 53.9 Å². The molecule has 0 saturated carbocycles. The molecular formula is C22H24ClN5OS. The zero-order valence-electron chi connectivity index (χ0n) is 17.3. The molecule has 4 rings (SSSR count). The Hall–Kier alpha value is -2.48. The number of anilines is 1. The Labute approximate surface area is 184 Å². The number of nitrogens with zero attached hydrogens (tertiary/aromatic N) is 5. The molecule has 1 amide bonds. The zero-order chi connectivity index (χ0) is 21.3. The first-order valence-corrected chi connectivity index (χ1v) is 11.2. The Balaban J connectivity index is 1.77. The van der Waals surface area contributed by atoms with E-state index in [1.54, 1.807) is 4.90 Å². The molecule has 8 heteroatoms. The number of aromatic nitrogens is 3. The van der Waals surface area contributed by atoms with Gasteiger partial charge in [0.25, 0.3) is 5.91 Å². The molecule has 0 fully saturated rings. The van der Waals surface area contributed by atoms with E-state index in [0.29, 0.717) is 28.1 Å². The van der Waals surface area contributed by atoms with Crippen LogP contribution in [0.5, 0.6) is 0 Å². The molecule has 3 heterocycles. The minimum absolute atomic E-state index is 0.0940. The molecule has 4 aromatic rings. The van der Waals surface area contributed by atoms with E-state index in [1.165, 1.54) is 11.3 Å². The monoisotopic (exact) mass is 441 g/mol. The van der Waals surface area contributed by atoms with Crippen molar-refractivity contribution in [2.45, 2.75) is 20.8 Å². The van der Waals surface area contributed by atoms with Gasteiger partial charge in [-0.3, -0.25) is 14.1 Å². The topological polar surface area (TPSA) is 53.7 Å². The summed E-state index contributed by atoms with van der Waals surface area (Å²) in [6.07, 6.45) is 1.88. The van der Waals surface area contributed by atoms with Crippen LogP contribution in [0, 0.1) is 6.92 Å². The first kappa shape index (κ1) is 20.8. The molecule has 156 valence electrons. The lowest BCUT2D eigenvalue weighted by Gasteiger charge is -2.24. The fraction of sp³-hybridized carbons (Fsp3) is 0.318. The van der Waals surface area contributed by atoms with Gasteiger partial charge in [0.15, 0.2) is 5.13 Å². The van der Waals surface area contributed by atoms with E-state index in [-0.39, 0.29) is 5.91 Å². The summed E-state index contributed by atoms with van der Waals surface area (Å²) in [5, 5.41) is 1.34. The largest absolute Gasteiger partial charge is 0.302 e. The summed E-state index contributed by atoms with van der Waals surface area (Å²) >= 11 is 7.64. The van der Waals surface area contributed by atoms with Crippen LogP contribution in [-0.2, 0) is 0 Å². The van der Waals surface area contributed by atoms with Gasteiger partial charge < -0.3 is 4.90 Å². The zero-order valence-corrected chi connectivity index (χ0v) is 18.9. The van der Waals surface area contributed by atoms with E-state index < -0.39 is 0 Å². The molecule has 0 saturated heterocycles. The number of fused-ring (bicyclic) bond motifs is 2. The van der Waals surface area contributed by atoms with Gasteiger partial charge in [0.2, 0.25) is 0 Å². The summed E-state index contributed by atoms with van der Waals surface area (Å²) in [5.41, 5.74) is 2.89. The van der Waals surface area contributed by atoms with E-state index in [0.717, 1.165) is 35.5 Å². The number of likely N-dealkylation sites (N-methyl/N-ethyl adjacent to an activating group) is 1. The molecule has 1 aromatic carbocycles. The molecule has 0 N–H and O–H groups in total. The van der Waals surface area contributed by atoms with Gasteiger partial charge >= 0.3 is 0 Å². The molecule has 6 nitrogen and oxygen atoms in total. The predicted octanol–water partition coefficient (Wildman–Crippen LogP) is 4.89. The number of pyridine rings is 1. The maximum atomic E-state index is 13.8. The van der Waals surface area contributed by atoms with Crippen molar-refractivity contribution >= 4 is 49.8 Å². The van der Waals surface area contributed by atoms with Gasteiger partial charge in [-0.05, 0) is 50.3 Å². The van der Waals surface area contributed by atoms with Crippen molar-refractivity contribution in [3.63, 3.8) is 0 Å². The highest BCUT2D eigenvalue weighted by Gasteiger charge is 2.26. The van der Waals surface area contributed by atoms with Crippen LogP contribution in [0.1, 0.15) is 30.0 Å². The molecule has 0 radical (unpaired) electrons. The summed E-state index contributed by atoms with van der Waals surface area (Å²) in [7, 11) is 0. The highest BCUT2D eigenvalue weighted by molar-refractivity contribution is 7.22. The van der Waals surface area contributed by atoms with Crippen molar-refractivity contribution in [2.75, 3.05) is 31.1 Å². The van der Waals surface area contributed by atoms with Crippen LogP contribution in [0.3, 0.4) is 0 Å². The maximum absolute atomic E-state index is 13.8. The summed E-state index contributed by atoms with van der Waals surface area (Å²) in [6, 6.07) is 11.3. The summed E-state index contributed by atoms with van der Waals surface area (Å²) in [6.45, 7) is 9.32. The first-order chi connectivity index (χ1) is 14.5. The number of carbonyl (C=O) groups excluding carboxylic acids is 1. The number of hydrogen-bond acceptors (Lipinski definition) is 5. The van der Waals surface area contributed by atoms with E-state index >= 15 is 0 Å². The van der Waals surface area contributed by atoms with Gasteiger partial charge in [0.1, 0.15) is 11.3 Å². The minimum Gasteiger partial charge on any atom is -0.302 e. The molecular weight excluding hydrogens is 418 g/mol. The van der Waals surface area contributed by atoms with Crippen molar-refractivity contribution in [2.24, 2.45) is 0 Å². The molecule has 3 aromatic heterocycles. The van der Waals surface area contributed by atoms with E-state index in [2.05, 4.69) is 23.7 Å². The average molecular weight is 442 g/mol.